The number of hydrogen-bond acceptors (Lipinski definition) is 5. The summed E-state index contributed by atoms with van der Waals surface area (Å²) in [4.78, 5) is 20.8. The van der Waals surface area contributed by atoms with Gasteiger partial charge in [0.05, 0.1) is 17.7 Å². The van der Waals surface area contributed by atoms with E-state index in [0.29, 0.717) is 18.1 Å². The van der Waals surface area contributed by atoms with Gasteiger partial charge in [0.1, 0.15) is 5.69 Å². The van der Waals surface area contributed by atoms with Crippen molar-refractivity contribution < 1.29 is 14.6 Å². The summed E-state index contributed by atoms with van der Waals surface area (Å²) in [6, 6.07) is 7.58. The number of fused-ring (bicyclic) bond motifs is 3. The molecule has 0 saturated heterocycles. The van der Waals surface area contributed by atoms with E-state index in [2.05, 4.69) is 0 Å². The molecular weight excluding hydrogens is 386 g/mol. The molecule has 4 rings (SSSR count). The van der Waals surface area contributed by atoms with E-state index in [4.69, 9.17) is 9.72 Å². The maximum Gasteiger partial charge on any atom is 0.290 e. The molecule has 3 aromatic rings. The third-order valence-electron chi connectivity index (χ3n) is 5.49. The lowest BCUT2D eigenvalue weighted by molar-refractivity contribution is 0.0638. The van der Waals surface area contributed by atoms with Crippen molar-refractivity contribution in [1.29, 1.82) is 0 Å². The van der Waals surface area contributed by atoms with E-state index >= 15 is 0 Å². The second kappa shape index (κ2) is 6.91. The van der Waals surface area contributed by atoms with Gasteiger partial charge >= 0.3 is 0 Å². The highest BCUT2D eigenvalue weighted by molar-refractivity contribution is 7.13. The van der Waals surface area contributed by atoms with Crippen molar-refractivity contribution in [1.82, 2.24) is 14.5 Å². The first-order valence-electron chi connectivity index (χ1n) is 9.55. The average Bonchev–Trinajstić information content (AvgIpc) is 3.33. The molecule has 1 aliphatic heterocycles. The monoisotopic (exact) mass is 411 g/mol. The summed E-state index contributed by atoms with van der Waals surface area (Å²) >= 11 is 1.59. The molecule has 0 spiro atoms. The lowest BCUT2D eigenvalue weighted by Crippen LogP contribution is -2.43. The molecular formula is C22H25N3O3S. The normalized spacial score (nSPS) is 13.0. The van der Waals surface area contributed by atoms with E-state index in [0.717, 1.165) is 33.8 Å². The fourth-order valence-corrected chi connectivity index (χ4v) is 4.29. The number of methoxy groups -OCH3 is 1. The van der Waals surface area contributed by atoms with E-state index < -0.39 is 0 Å². The van der Waals surface area contributed by atoms with E-state index in [1.165, 1.54) is 0 Å². The van der Waals surface area contributed by atoms with Crippen LogP contribution in [-0.2, 0) is 13.0 Å². The lowest BCUT2D eigenvalue weighted by atomic mass is 9.96. The number of phenols is 1. The number of thiophene rings is 1. The highest BCUT2D eigenvalue weighted by atomic mass is 32.1. The lowest BCUT2D eigenvalue weighted by Gasteiger charge is -2.32. The Morgan fingerprint density at radius 3 is 2.72 bits per heavy atom. The third-order valence-corrected chi connectivity index (χ3v) is 6.37. The molecule has 7 heteroatoms. The van der Waals surface area contributed by atoms with Crippen LogP contribution in [0.3, 0.4) is 0 Å². The minimum absolute atomic E-state index is 0.0812. The van der Waals surface area contributed by atoms with Crippen LogP contribution in [0.25, 0.3) is 21.8 Å². The molecule has 0 radical (unpaired) electrons. The van der Waals surface area contributed by atoms with Crippen LogP contribution in [0.4, 0.5) is 0 Å². The minimum Gasteiger partial charge on any atom is -0.504 e. The van der Waals surface area contributed by atoms with Gasteiger partial charge in [-0.1, -0.05) is 6.07 Å². The summed E-state index contributed by atoms with van der Waals surface area (Å²) in [5.74, 6) is 0.861. The molecule has 3 heterocycles. The topological polar surface area (TPSA) is 67.6 Å². The number of carbonyl (C=O) groups is 1. The predicted octanol–water partition coefficient (Wildman–Crippen LogP) is 4.42. The zero-order valence-corrected chi connectivity index (χ0v) is 18.1. The van der Waals surface area contributed by atoms with E-state index in [-0.39, 0.29) is 17.2 Å². The molecule has 0 fully saturated rings. The van der Waals surface area contributed by atoms with Crippen LogP contribution in [0.5, 0.6) is 11.5 Å². The second-order valence-corrected chi connectivity index (χ2v) is 9.18. The first-order valence-corrected chi connectivity index (χ1v) is 10.4. The van der Waals surface area contributed by atoms with Crippen LogP contribution in [0.15, 0.2) is 29.6 Å². The van der Waals surface area contributed by atoms with Gasteiger partial charge in [-0.3, -0.25) is 4.79 Å². The number of aromatic nitrogens is 2. The highest BCUT2D eigenvalue weighted by Crippen LogP contribution is 2.43. The van der Waals surface area contributed by atoms with Crippen LogP contribution < -0.4 is 4.74 Å². The number of imidazole rings is 1. The summed E-state index contributed by atoms with van der Waals surface area (Å²) in [6.07, 6.45) is 0.735. The first kappa shape index (κ1) is 19.5. The molecule has 29 heavy (non-hydrogen) atoms. The number of aryl methyl sites for hydroxylation is 1. The Bertz CT molecular complexity index is 1080. The maximum absolute atomic E-state index is 13.3. The Morgan fingerprint density at radius 1 is 1.34 bits per heavy atom. The van der Waals surface area contributed by atoms with Crippen LogP contribution in [-0.4, -0.2) is 45.2 Å². The van der Waals surface area contributed by atoms with Gasteiger partial charge in [0, 0.05) is 24.7 Å². The fraction of sp³-hybridized carbons (Fsp3) is 0.364. The third kappa shape index (κ3) is 3.19. The summed E-state index contributed by atoms with van der Waals surface area (Å²) < 4.78 is 7.28. The summed E-state index contributed by atoms with van der Waals surface area (Å²) in [7, 11) is 3.35. The smallest absolute Gasteiger partial charge is 0.290 e. The van der Waals surface area contributed by atoms with Gasteiger partial charge in [0.2, 0.25) is 0 Å². The van der Waals surface area contributed by atoms with E-state index in [9.17, 15) is 9.90 Å². The van der Waals surface area contributed by atoms with Gasteiger partial charge in [0.25, 0.3) is 5.91 Å². The van der Waals surface area contributed by atoms with Gasteiger partial charge in [-0.05, 0) is 56.3 Å². The van der Waals surface area contributed by atoms with Crippen molar-refractivity contribution in [2.45, 2.75) is 39.3 Å². The Labute approximate surface area is 174 Å². The van der Waals surface area contributed by atoms with Crippen molar-refractivity contribution in [3.63, 3.8) is 0 Å². The zero-order valence-electron chi connectivity index (χ0n) is 17.3. The second-order valence-electron chi connectivity index (χ2n) is 8.23. The van der Waals surface area contributed by atoms with Crippen molar-refractivity contribution in [3.8, 4) is 33.3 Å². The average molecular weight is 412 g/mol. The van der Waals surface area contributed by atoms with Crippen molar-refractivity contribution in [2.75, 3.05) is 14.2 Å². The van der Waals surface area contributed by atoms with Gasteiger partial charge in [0.15, 0.2) is 17.3 Å². The summed E-state index contributed by atoms with van der Waals surface area (Å²) in [5.41, 5.74) is 3.30. The molecule has 152 valence electrons. The summed E-state index contributed by atoms with van der Waals surface area (Å²) in [5, 5.41) is 12.4. The number of rotatable bonds is 3. The van der Waals surface area contributed by atoms with Crippen LogP contribution in [0, 0.1) is 0 Å². The van der Waals surface area contributed by atoms with E-state index in [1.54, 1.807) is 29.4 Å². The highest BCUT2D eigenvalue weighted by Gasteiger charge is 2.33. The Kier molecular flexibility index (Phi) is 4.65. The minimum atomic E-state index is -0.315. The Balaban J connectivity index is 1.95. The SMILES string of the molecule is COc1cc2c(cc1O)-c1c(-c3cccs3)nc(C(=O)N(C)C(C)(C)C)n1CC2. The number of ether oxygens (including phenoxy) is 1. The number of amides is 1. The number of aromatic hydroxyl groups is 1. The van der Waals surface area contributed by atoms with Crippen LogP contribution in [0.2, 0.25) is 0 Å². The number of benzene rings is 1. The molecule has 6 nitrogen and oxygen atoms in total. The zero-order chi connectivity index (χ0) is 20.9. The molecule has 2 aromatic heterocycles. The van der Waals surface area contributed by atoms with Crippen molar-refractivity contribution in [3.05, 3.63) is 41.0 Å². The summed E-state index contributed by atoms with van der Waals surface area (Å²) in [6.45, 7) is 6.66. The van der Waals surface area contributed by atoms with Gasteiger partial charge < -0.3 is 19.3 Å². The standard InChI is InChI=1S/C22H25N3O3S/c1-22(2,3)24(4)21(27)20-23-18(17-7-6-10-29-17)19-14-12-15(26)16(28-5)11-13(14)8-9-25(19)20/h6-7,10-12,26H,8-9H2,1-5H3. The molecule has 0 saturated carbocycles. The maximum atomic E-state index is 13.3. The Hall–Kier alpha value is -2.80. The Morgan fingerprint density at radius 2 is 2.10 bits per heavy atom. The van der Waals surface area contributed by atoms with Gasteiger partial charge in [-0.25, -0.2) is 4.98 Å². The largest absolute Gasteiger partial charge is 0.504 e. The van der Waals surface area contributed by atoms with Crippen molar-refractivity contribution >= 4 is 17.2 Å². The number of nitrogens with zero attached hydrogens (tertiary/aromatic N) is 3. The van der Waals surface area contributed by atoms with Gasteiger partial charge in [-0.15, -0.1) is 11.3 Å². The molecule has 0 aliphatic carbocycles. The molecule has 1 aromatic carbocycles. The first-order chi connectivity index (χ1) is 13.7. The molecule has 0 unspecified atom stereocenters. The van der Waals surface area contributed by atoms with Crippen molar-refractivity contribution in [2.24, 2.45) is 0 Å². The fourth-order valence-electron chi connectivity index (χ4n) is 3.58. The van der Waals surface area contributed by atoms with Gasteiger partial charge in [-0.2, -0.15) is 0 Å². The number of hydrogen-bond donors (Lipinski definition) is 1. The van der Waals surface area contributed by atoms with E-state index in [1.807, 2.05) is 56.0 Å². The molecule has 0 atom stereocenters. The number of carbonyl (C=O) groups excluding carboxylic acids is 1. The molecule has 1 amide bonds. The molecule has 1 N–H and O–H groups in total. The predicted molar refractivity (Wildman–Crippen MR) is 115 cm³/mol. The number of phenolic OH excluding ortho intramolecular Hbond substituents is 1. The van der Waals surface area contributed by atoms with Crippen LogP contribution >= 0.6 is 11.3 Å². The molecule has 0 bridgehead atoms. The quantitative estimate of drug-likeness (QED) is 0.693. The molecule has 1 aliphatic rings. The van der Waals surface area contributed by atoms with Crippen LogP contribution in [0.1, 0.15) is 37.0 Å².